The summed E-state index contributed by atoms with van der Waals surface area (Å²) < 4.78 is 40.5. The van der Waals surface area contributed by atoms with Crippen molar-refractivity contribution in [2.45, 2.75) is 6.18 Å². The van der Waals surface area contributed by atoms with E-state index in [4.69, 9.17) is 12.2 Å². The molecule has 0 atom stereocenters. The van der Waals surface area contributed by atoms with E-state index < -0.39 is 41.7 Å². The number of benzene rings is 2. The van der Waals surface area contributed by atoms with Crippen LogP contribution in [0.15, 0.2) is 51.8 Å². The third-order valence-corrected chi connectivity index (χ3v) is 6.36. The lowest BCUT2D eigenvalue weighted by Crippen LogP contribution is -2.36. The van der Waals surface area contributed by atoms with Gasteiger partial charge >= 0.3 is 6.18 Å². The van der Waals surface area contributed by atoms with E-state index in [0.717, 1.165) is 28.8 Å². The van der Waals surface area contributed by atoms with Gasteiger partial charge in [0.1, 0.15) is 10.9 Å². The van der Waals surface area contributed by atoms with Gasteiger partial charge < -0.3 is 10.6 Å². The van der Waals surface area contributed by atoms with Crippen molar-refractivity contribution in [2.24, 2.45) is 0 Å². The monoisotopic (exact) mass is 541 g/mol. The first-order valence-electron chi connectivity index (χ1n) is 8.91. The number of carbonyl (C=O) groups is 3. The van der Waals surface area contributed by atoms with E-state index in [2.05, 4.69) is 26.6 Å². The molecule has 6 nitrogen and oxygen atoms in total. The molecule has 3 amide bonds. The van der Waals surface area contributed by atoms with Crippen LogP contribution in [0.2, 0.25) is 0 Å². The molecule has 32 heavy (non-hydrogen) atoms. The van der Waals surface area contributed by atoms with Gasteiger partial charge in [0.05, 0.1) is 27.4 Å². The number of hydrogen-bond donors (Lipinski definition) is 2. The Morgan fingerprint density at radius 1 is 1.19 bits per heavy atom. The van der Waals surface area contributed by atoms with Gasteiger partial charge in [-0.2, -0.15) is 13.2 Å². The number of nitrogens with one attached hydrogen (secondary N) is 2. The van der Waals surface area contributed by atoms with Crippen LogP contribution in [0.3, 0.4) is 0 Å². The van der Waals surface area contributed by atoms with Gasteiger partial charge in [-0.15, -0.1) is 0 Å². The first-order valence-corrected chi connectivity index (χ1v) is 10.9. The van der Waals surface area contributed by atoms with E-state index in [1.54, 1.807) is 18.2 Å². The van der Waals surface area contributed by atoms with Gasteiger partial charge in [-0.25, -0.2) is 0 Å². The average Bonchev–Trinajstić information content (AvgIpc) is 3.16. The molecule has 1 fully saturated rings. The molecule has 2 heterocycles. The molecule has 2 aromatic carbocycles. The fraction of sp³-hybridized carbons (Fsp3) is 0.100. The topological polar surface area (TPSA) is 78.5 Å². The summed E-state index contributed by atoms with van der Waals surface area (Å²) in [5, 5.41) is 4.67. The highest BCUT2D eigenvalue weighted by atomic mass is 79.9. The Morgan fingerprint density at radius 2 is 1.91 bits per heavy atom. The van der Waals surface area contributed by atoms with Gasteiger partial charge in [0, 0.05) is 10.0 Å². The van der Waals surface area contributed by atoms with E-state index >= 15 is 0 Å². The van der Waals surface area contributed by atoms with Crippen molar-refractivity contribution >= 4 is 78.9 Å². The van der Waals surface area contributed by atoms with Crippen LogP contribution in [0.4, 0.5) is 24.5 Å². The molecule has 2 aliphatic heterocycles. The predicted octanol–water partition coefficient (Wildman–Crippen LogP) is 4.31. The number of carbonyl (C=O) groups excluding carboxylic acids is 3. The molecule has 2 aromatic rings. The van der Waals surface area contributed by atoms with Gasteiger partial charge in [-0.1, -0.05) is 52.0 Å². The highest BCUT2D eigenvalue weighted by Gasteiger charge is 2.40. The van der Waals surface area contributed by atoms with Crippen molar-refractivity contribution in [1.82, 2.24) is 5.32 Å². The van der Waals surface area contributed by atoms with Crippen molar-refractivity contribution < 1.29 is 27.6 Å². The summed E-state index contributed by atoms with van der Waals surface area (Å²) in [5.41, 5.74) is -0.573. The second kappa shape index (κ2) is 8.34. The minimum absolute atomic E-state index is 0.0761. The molecule has 2 N–H and O–H groups in total. The number of amides is 3. The van der Waals surface area contributed by atoms with Crippen LogP contribution in [-0.4, -0.2) is 28.6 Å². The molecular weight excluding hydrogens is 531 g/mol. The standard InChI is InChI=1S/C20H11BrF3N3O3S2/c21-9-5-6-13-10(7-9)15(16-17(29)26-19(31)32-16)18(30)27(13)8-14(28)25-12-4-2-1-3-11(12)20(22,23)24/h1-7H,8H2,(H,25,28)(H,26,29,31)/b16-15+. The third-order valence-electron chi connectivity index (χ3n) is 4.63. The van der Waals surface area contributed by atoms with Crippen LogP contribution in [0.5, 0.6) is 0 Å². The summed E-state index contributed by atoms with van der Waals surface area (Å²) in [6.07, 6.45) is -4.66. The number of nitrogens with zero attached hydrogens (tertiary/aromatic N) is 1. The number of thioether (sulfide) groups is 1. The maximum Gasteiger partial charge on any atom is 0.418 e. The lowest BCUT2D eigenvalue weighted by molar-refractivity contribution is -0.137. The Morgan fingerprint density at radius 3 is 2.56 bits per heavy atom. The normalized spacial score (nSPS) is 18.1. The Kier molecular flexibility index (Phi) is 5.86. The van der Waals surface area contributed by atoms with Crippen LogP contribution in [0.25, 0.3) is 5.57 Å². The number of anilines is 2. The molecule has 0 bridgehead atoms. The lowest BCUT2D eigenvalue weighted by Gasteiger charge is -2.18. The fourth-order valence-electron chi connectivity index (χ4n) is 3.33. The Labute approximate surface area is 197 Å². The number of halogens is 4. The lowest BCUT2D eigenvalue weighted by atomic mass is 10.1. The van der Waals surface area contributed by atoms with Gasteiger partial charge in [0.15, 0.2) is 0 Å². The molecule has 0 aliphatic carbocycles. The van der Waals surface area contributed by atoms with Crippen molar-refractivity contribution in [2.75, 3.05) is 16.8 Å². The van der Waals surface area contributed by atoms with E-state index in [-0.39, 0.29) is 14.8 Å². The summed E-state index contributed by atoms with van der Waals surface area (Å²) in [7, 11) is 0. The number of alkyl halides is 3. The van der Waals surface area contributed by atoms with Gasteiger partial charge in [0.2, 0.25) is 5.91 Å². The van der Waals surface area contributed by atoms with Crippen molar-refractivity contribution in [3.8, 4) is 0 Å². The van der Waals surface area contributed by atoms with Gasteiger partial charge in [0.25, 0.3) is 11.8 Å². The van der Waals surface area contributed by atoms with Crippen LogP contribution < -0.4 is 15.5 Å². The van der Waals surface area contributed by atoms with Crippen molar-refractivity contribution in [3.63, 3.8) is 0 Å². The summed E-state index contributed by atoms with van der Waals surface area (Å²) in [4.78, 5) is 39.3. The second-order valence-electron chi connectivity index (χ2n) is 6.69. The highest BCUT2D eigenvalue weighted by Crippen LogP contribution is 2.43. The zero-order valence-electron chi connectivity index (χ0n) is 15.7. The maximum atomic E-state index is 13.2. The molecule has 0 spiro atoms. The number of para-hydroxylation sites is 1. The molecule has 0 aromatic heterocycles. The SMILES string of the molecule is O=C(CN1C(=O)/C(=C2/SC(=S)NC2=O)c2cc(Br)ccc21)Nc1ccccc1C(F)(F)F. The zero-order chi connectivity index (χ0) is 23.2. The molecule has 1 saturated heterocycles. The fourth-order valence-corrected chi connectivity index (χ4v) is 4.81. The van der Waals surface area contributed by atoms with Crippen LogP contribution in [0, 0.1) is 0 Å². The molecule has 4 rings (SSSR count). The van der Waals surface area contributed by atoms with E-state index in [0.29, 0.717) is 15.7 Å². The summed E-state index contributed by atoms with van der Waals surface area (Å²) >= 11 is 9.25. The first-order chi connectivity index (χ1) is 15.1. The maximum absolute atomic E-state index is 13.2. The third kappa shape index (κ3) is 4.17. The Balaban J connectivity index is 1.67. The zero-order valence-corrected chi connectivity index (χ0v) is 19.0. The minimum Gasteiger partial charge on any atom is -0.324 e. The van der Waals surface area contributed by atoms with Gasteiger partial charge in [-0.3, -0.25) is 19.3 Å². The average molecular weight is 542 g/mol. The molecule has 0 radical (unpaired) electrons. The predicted molar refractivity (Wildman–Crippen MR) is 122 cm³/mol. The van der Waals surface area contributed by atoms with Crippen LogP contribution in [-0.2, 0) is 20.6 Å². The number of thiocarbonyl (C=S) groups is 1. The molecule has 164 valence electrons. The number of rotatable bonds is 3. The quantitative estimate of drug-likeness (QED) is 0.447. The van der Waals surface area contributed by atoms with E-state index in [1.165, 1.54) is 12.1 Å². The number of fused-ring (bicyclic) bond motifs is 1. The molecular formula is C20H11BrF3N3O3S2. The highest BCUT2D eigenvalue weighted by molar-refractivity contribution is 9.10. The molecule has 2 aliphatic rings. The minimum atomic E-state index is -4.66. The largest absolute Gasteiger partial charge is 0.418 e. The first kappa shape index (κ1) is 22.5. The van der Waals surface area contributed by atoms with Crippen molar-refractivity contribution in [1.29, 1.82) is 0 Å². The summed E-state index contributed by atoms with van der Waals surface area (Å²) in [6, 6.07) is 9.41. The van der Waals surface area contributed by atoms with Crippen molar-refractivity contribution in [3.05, 3.63) is 63.0 Å². The smallest absolute Gasteiger partial charge is 0.324 e. The Bertz CT molecular complexity index is 1230. The molecule has 0 saturated carbocycles. The summed E-state index contributed by atoms with van der Waals surface area (Å²) in [6.45, 7) is -0.548. The number of hydrogen-bond acceptors (Lipinski definition) is 5. The molecule has 12 heteroatoms. The van der Waals surface area contributed by atoms with E-state index in [1.807, 2.05) is 0 Å². The second-order valence-corrected chi connectivity index (χ2v) is 9.30. The van der Waals surface area contributed by atoms with Crippen LogP contribution >= 0.6 is 39.9 Å². The Hall–Kier alpha value is -2.70. The van der Waals surface area contributed by atoms with E-state index in [9.17, 15) is 27.6 Å². The van der Waals surface area contributed by atoms with Gasteiger partial charge in [-0.05, 0) is 30.3 Å². The summed E-state index contributed by atoms with van der Waals surface area (Å²) in [5.74, 6) is -1.98. The molecule has 0 unspecified atom stereocenters. The van der Waals surface area contributed by atoms with Crippen LogP contribution in [0.1, 0.15) is 11.1 Å².